The lowest BCUT2D eigenvalue weighted by molar-refractivity contribution is 0.0608. The summed E-state index contributed by atoms with van der Waals surface area (Å²) in [6.07, 6.45) is 4.76. The summed E-state index contributed by atoms with van der Waals surface area (Å²) in [6.45, 7) is 2.85. The molecule has 100 valence electrons. The zero-order chi connectivity index (χ0) is 13.4. The lowest BCUT2D eigenvalue weighted by Gasteiger charge is -2.29. The minimum Gasteiger partial charge on any atom is -0.274 e. The maximum absolute atomic E-state index is 12.3. The van der Waals surface area contributed by atoms with Crippen LogP contribution in [0.25, 0.3) is 0 Å². The third-order valence-electron chi connectivity index (χ3n) is 4.36. The van der Waals surface area contributed by atoms with E-state index in [2.05, 4.69) is 6.92 Å². The lowest BCUT2D eigenvalue weighted by atomic mass is 9.82. The Morgan fingerprint density at radius 2 is 1.74 bits per heavy atom. The first kappa shape index (κ1) is 12.4. The van der Waals surface area contributed by atoms with Crippen molar-refractivity contribution < 1.29 is 9.59 Å². The van der Waals surface area contributed by atoms with Crippen molar-refractivity contribution in [1.82, 2.24) is 4.90 Å². The molecule has 3 heteroatoms. The van der Waals surface area contributed by atoms with Crippen LogP contribution < -0.4 is 0 Å². The van der Waals surface area contributed by atoms with Crippen LogP contribution in [-0.4, -0.2) is 23.3 Å². The zero-order valence-electron chi connectivity index (χ0n) is 11.3. The number of hydrogen-bond donors (Lipinski definition) is 0. The standard InChI is InChI=1S/C16H19NO2/c1-11-5-4-6-12(9-11)10-17-15(18)13-7-2-3-8-14(13)16(17)19/h2-3,7-8,11-12H,4-6,9-10H2,1H3. The van der Waals surface area contributed by atoms with Gasteiger partial charge in [0.05, 0.1) is 11.1 Å². The van der Waals surface area contributed by atoms with Crippen LogP contribution in [0.5, 0.6) is 0 Å². The van der Waals surface area contributed by atoms with Gasteiger partial charge in [-0.15, -0.1) is 0 Å². The molecule has 1 saturated carbocycles. The highest BCUT2D eigenvalue weighted by Gasteiger charge is 2.36. The van der Waals surface area contributed by atoms with Crippen molar-refractivity contribution in [3.05, 3.63) is 35.4 Å². The first-order valence-corrected chi connectivity index (χ1v) is 7.12. The van der Waals surface area contributed by atoms with Gasteiger partial charge in [0.25, 0.3) is 11.8 Å². The molecule has 2 aliphatic rings. The van der Waals surface area contributed by atoms with E-state index in [4.69, 9.17) is 0 Å². The predicted octanol–water partition coefficient (Wildman–Crippen LogP) is 3.11. The maximum Gasteiger partial charge on any atom is 0.261 e. The Labute approximate surface area is 113 Å². The summed E-state index contributed by atoms with van der Waals surface area (Å²) in [5, 5.41) is 0. The fourth-order valence-electron chi connectivity index (χ4n) is 3.39. The number of hydrogen-bond acceptors (Lipinski definition) is 2. The highest BCUT2D eigenvalue weighted by molar-refractivity contribution is 6.21. The van der Waals surface area contributed by atoms with Crippen LogP contribution >= 0.6 is 0 Å². The summed E-state index contributed by atoms with van der Waals surface area (Å²) in [6, 6.07) is 7.13. The molecule has 0 saturated heterocycles. The number of rotatable bonds is 2. The van der Waals surface area contributed by atoms with Gasteiger partial charge in [-0.25, -0.2) is 0 Å². The summed E-state index contributed by atoms with van der Waals surface area (Å²) >= 11 is 0. The molecular formula is C16H19NO2. The number of fused-ring (bicyclic) bond motifs is 1. The van der Waals surface area contributed by atoms with Crippen LogP contribution in [0.1, 0.15) is 53.3 Å². The minimum absolute atomic E-state index is 0.112. The zero-order valence-corrected chi connectivity index (χ0v) is 11.3. The van der Waals surface area contributed by atoms with E-state index in [9.17, 15) is 9.59 Å². The second-order valence-electron chi connectivity index (χ2n) is 5.90. The molecule has 19 heavy (non-hydrogen) atoms. The number of benzene rings is 1. The van der Waals surface area contributed by atoms with Gasteiger partial charge < -0.3 is 0 Å². The number of carbonyl (C=O) groups excluding carboxylic acids is 2. The second kappa shape index (κ2) is 4.80. The summed E-state index contributed by atoms with van der Waals surface area (Å²) in [4.78, 5) is 26.0. The van der Waals surface area contributed by atoms with Crippen LogP contribution in [0.3, 0.4) is 0 Å². The fraction of sp³-hybridized carbons (Fsp3) is 0.500. The van der Waals surface area contributed by atoms with E-state index in [1.807, 2.05) is 12.1 Å². The number of amides is 2. The Morgan fingerprint density at radius 3 is 2.32 bits per heavy atom. The minimum atomic E-state index is -0.112. The van der Waals surface area contributed by atoms with Crippen molar-refractivity contribution in [1.29, 1.82) is 0 Å². The van der Waals surface area contributed by atoms with Gasteiger partial charge in [-0.1, -0.05) is 31.9 Å². The van der Waals surface area contributed by atoms with Crippen LogP contribution in [-0.2, 0) is 0 Å². The first-order chi connectivity index (χ1) is 9.16. The predicted molar refractivity (Wildman–Crippen MR) is 72.9 cm³/mol. The molecule has 0 aromatic heterocycles. The third kappa shape index (κ3) is 2.18. The summed E-state index contributed by atoms with van der Waals surface area (Å²) in [5.74, 6) is 0.970. The van der Waals surface area contributed by atoms with E-state index in [1.54, 1.807) is 12.1 Å². The van der Waals surface area contributed by atoms with E-state index in [1.165, 1.54) is 17.7 Å². The fourth-order valence-corrected chi connectivity index (χ4v) is 3.39. The average Bonchev–Trinajstić information content (AvgIpc) is 2.65. The quantitative estimate of drug-likeness (QED) is 0.763. The third-order valence-corrected chi connectivity index (χ3v) is 4.36. The molecule has 3 rings (SSSR count). The van der Waals surface area contributed by atoms with Gasteiger partial charge in [0.1, 0.15) is 0 Å². The second-order valence-corrected chi connectivity index (χ2v) is 5.90. The van der Waals surface area contributed by atoms with Crippen molar-refractivity contribution in [2.45, 2.75) is 32.6 Å². The highest BCUT2D eigenvalue weighted by Crippen LogP contribution is 2.31. The van der Waals surface area contributed by atoms with Gasteiger partial charge in [-0.2, -0.15) is 0 Å². The van der Waals surface area contributed by atoms with Crippen molar-refractivity contribution in [3.63, 3.8) is 0 Å². The van der Waals surface area contributed by atoms with E-state index in [0.717, 1.165) is 12.8 Å². The van der Waals surface area contributed by atoms with Crippen LogP contribution in [0.4, 0.5) is 0 Å². The van der Waals surface area contributed by atoms with Gasteiger partial charge in [0, 0.05) is 6.54 Å². The SMILES string of the molecule is CC1CCCC(CN2C(=O)c3ccccc3C2=O)C1. The van der Waals surface area contributed by atoms with Crippen molar-refractivity contribution >= 4 is 11.8 Å². The Hall–Kier alpha value is -1.64. The Balaban J connectivity index is 1.77. The molecule has 0 bridgehead atoms. The lowest BCUT2D eigenvalue weighted by Crippen LogP contribution is -2.36. The van der Waals surface area contributed by atoms with Gasteiger partial charge in [0.2, 0.25) is 0 Å². The molecule has 1 aromatic carbocycles. The van der Waals surface area contributed by atoms with E-state index < -0.39 is 0 Å². The highest BCUT2D eigenvalue weighted by atomic mass is 16.2. The van der Waals surface area contributed by atoms with Crippen LogP contribution in [0.2, 0.25) is 0 Å². The van der Waals surface area contributed by atoms with Gasteiger partial charge in [0.15, 0.2) is 0 Å². The largest absolute Gasteiger partial charge is 0.274 e. The molecule has 1 heterocycles. The molecule has 1 aliphatic heterocycles. The molecule has 2 amide bonds. The molecule has 1 aromatic rings. The molecule has 2 unspecified atom stereocenters. The van der Waals surface area contributed by atoms with Crippen molar-refractivity contribution in [3.8, 4) is 0 Å². The van der Waals surface area contributed by atoms with Crippen molar-refractivity contribution in [2.24, 2.45) is 11.8 Å². The Bertz CT molecular complexity index is 488. The molecule has 3 nitrogen and oxygen atoms in total. The van der Waals surface area contributed by atoms with Gasteiger partial charge in [-0.05, 0) is 36.8 Å². The van der Waals surface area contributed by atoms with Crippen LogP contribution in [0, 0.1) is 11.8 Å². The summed E-state index contributed by atoms with van der Waals surface area (Å²) in [7, 11) is 0. The molecule has 0 spiro atoms. The molecule has 1 fully saturated rings. The van der Waals surface area contributed by atoms with Crippen LogP contribution in [0.15, 0.2) is 24.3 Å². The van der Waals surface area contributed by atoms with E-state index in [0.29, 0.717) is 29.5 Å². The number of carbonyl (C=O) groups is 2. The average molecular weight is 257 g/mol. The van der Waals surface area contributed by atoms with Gasteiger partial charge >= 0.3 is 0 Å². The first-order valence-electron chi connectivity index (χ1n) is 7.12. The van der Waals surface area contributed by atoms with E-state index in [-0.39, 0.29) is 11.8 Å². The summed E-state index contributed by atoms with van der Waals surface area (Å²) in [5.41, 5.74) is 1.13. The molecule has 2 atom stereocenters. The maximum atomic E-state index is 12.3. The number of nitrogens with zero attached hydrogens (tertiary/aromatic N) is 1. The van der Waals surface area contributed by atoms with Crippen molar-refractivity contribution in [2.75, 3.05) is 6.54 Å². The topological polar surface area (TPSA) is 37.4 Å². The normalized spacial score (nSPS) is 26.7. The summed E-state index contributed by atoms with van der Waals surface area (Å²) < 4.78 is 0. The van der Waals surface area contributed by atoms with E-state index >= 15 is 0 Å². The molecule has 0 N–H and O–H groups in total. The molecule has 1 aliphatic carbocycles. The Kier molecular flexibility index (Phi) is 3.13. The number of imide groups is 1. The molecular weight excluding hydrogens is 238 g/mol. The molecule has 0 radical (unpaired) electrons. The monoisotopic (exact) mass is 257 g/mol. The Morgan fingerprint density at radius 1 is 1.11 bits per heavy atom. The van der Waals surface area contributed by atoms with Gasteiger partial charge in [-0.3, -0.25) is 14.5 Å². The smallest absolute Gasteiger partial charge is 0.261 e.